The fourth-order valence-corrected chi connectivity index (χ4v) is 4.20. The first-order valence-electron chi connectivity index (χ1n) is 9.91. The Kier molecular flexibility index (Phi) is 4.61. The third kappa shape index (κ3) is 3.04. The van der Waals surface area contributed by atoms with E-state index >= 15 is 0 Å². The number of nitrogens with one attached hydrogen (secondary N) is 2. The molecule has 4 rings (SSSR count). The minimum absolute atomic E-state index is 0.0111. The van der Waals surface area contributed by atoms with Crippen LogP contribution in [0.2, 0.25) is 0 Å². The lowest BCUT2D eigenvalue weighted by Gasteiger charge is -2.44. The quantitative estimate of drug-likeness (QED) is 0.857. The van der Waals surface area contributed by atoms with E-state index in [0.29, 0.717) is 25.9 Å². The number of aromatic nitrogens is 2. The van der Waals surface area contributed by atoms with Gasteiger partial charge in [-0.05, 0) is 31.9 Å². The van der Waals surface area contributed by atoms with E-state index in [1.165, 1.54) is 0 Å². The molecule has 1 atom stereocenters. The predicted molar refractivity (Wildman–Crippen MR) is 108 cm³/mol. The van der Waals surface area contributed by atoms with Crippen LogP contribution < -0.4 is 10.6 Å². The Morgan fingerprint density at radius 1 is 1.14 bits per heavy atom. The molecule has 2 aromatic rings. The van der Waals surface area contributed by atoms with Crippen molar-refractivity contribution in [3.8, 4) is 0 Å². The summed E-state index contributed by atoms with van der Waals surface area (Å²) in [6.07, 6.45) is 4.80. The average Bonchev–Trinajstić information content (AvgIpc) is 3.18. The largest absolute Gasteiger partial charge is 0.369 e. The third-order valence-electron chi connectivity index (χ3n) is 5.90. The number of nitrogens with zero attached hydrogens (tertiary/aromatic N) is 3. The maximum atomic E-state index is 13.1. The van der Waals surface area contributed by atoms with Gasteiger partial charge in [-0.1, -0.05) is 26.0 Å². The summed E-state index contributed by atoms with van der Waals surface area (Å²) in [5, 5.41) is 6.45. The fourth-order valence-electron chi connectivity index (χ4n) is 4.20. The van der Waals surface area contributed by atoms with Crippen molar-refractivity contribution in [2.75, 3.05) is 23.7 Å². The van der Waals surface area contributed by atoms with Crippen LogP contribution in [0.15, 0.2) is 36.7 Å². The molecule has 7 nitrogen and oxygen atoms in total. The standard InChI is InChI=1S/C21H27N5O2/c1-14(2)18-22-10-13-26(18)15(3)19(27)25-11-8-21(9-12-25)20(28)23-16-6-4-5-7-17(16)24-21/h4-7,10,13-15,24H,8-9,11-12H2,1-3H3,(H,23,28)/t15-/m0/s1. The Morgan fingerprint density at radius 2 is 1.82 bits per heavy atom. The molecule has 0 aliphatic carbocycles. The SMILES string of the molecule is CC(C)c1nccn1[C@@H](C)C(=O)N1CCC2(CC1)Nc1ccccc1NC2=O. The van der Waals surface area contributed by atoms with Crippen LogP contribution in [0.25, 0.3) is 0 Å². The number of rotatable bonds is 3. The molecule has 2 N–H and O–H groups in total. The molecule has 0 radical (unpaired) electrons. The fraction of sp³-hybridized carbons (Fsp3) is 0.476. The predicted octanol–water partition coefficient (Wildman–Crippen LogP) is 2.99. The van der Waals surface area contributed by atoms with E-state index in [-0.39, 0.29) is 23.8 Å². The van der Waals surface area contributed by atoms with Crippen molar-refractivity contribution in [3.63, 3.8) is 0 Å². The van der Waals surface area contributed by atoms with E-state index in [2.05, 4.69) is 29.5 Å². The summed E-state index contributed by atoms with van der Waals surface area (Å²) < 4.78 is 1.96. The van der Waals surface area contributed by atoms with Crippen molar-refractivity contribution in [1.82, 2.24) is 14.5 Å². The molecule has 1 fully saturated rings. The van der Waals surface area contributed by atoms with Crippen molar-refractivity contribution in [3.05, 3.63) is 42.5 Å². The molecule has 1 aromatic heterocycles. The van der Waals surface area contributed by atoms with Gasteiger partial charge < -0.3 is 20.1 Å². The topological polar surface area (TPSA) is 79.3 Å². The maximum Gasteiger partial charge on any atom is 0.250 e. The summed E-state index contributed by atoms with van der Waals surface area (Å²) in [7, 11) is 0. The number of imidazole rings is 1. The number of hydrogen-bond acceptors (Lipinski definition) is 4. The molecule has 2 aliphatic heterocycles. The van der Waals surface area contributed by atoms with Gasteiger partial charge in [0.25, 0.3) is 0 Å². The van der Waals surface area contributed by atoms with E-state index in [0.717, 1.165) is 17.2 Å². The van der Waals surface area contributed by atoms with E-state index in [9.17, 15) is 9.59 Å². The first-order valence-corrected chi connectivity index (χ1v) is 9.91. The number of piperidine rings is 1. The van der Waals surface area contributed by atoms with Crippen LogP contribution in [0.5, 0.6) is 0 Å². The second-order valence-corrected chi connectivity index (χ2v) is 8.06. The number of fused-ring (bicyclic) bond motifs is 1. The van der Waals surface area contributed by atoms with Gasteiger partial charge in [-0.3, -0.25) is 9.59 Å². The zero-order chi connectivity index (χ0) is 19.9. The Balaban J connectivity index is 1.46. The number of para-hydroxylation sites is 2. The van der Waals surface area contributed by atoms with Gasteiger partial charge in [-0.2, -0.15) is 0 Å². The highest BCUT2D eigenvalue weighted by Crippen LogP contribution is 2.36. The number of amides is 2. The van der Waals surface area contributed by atoms with Crippen LogP contribution in [0.3, 0.4) is 0 Å². The van der Waals surface area contributed by atoms with Crippen molar-refractivity contribution in [2.24, 2.45) is 0 Å². The summed E-state index contributed by atoms with van der Waals surface area (Å²) in [4.78, 5) is 32.1. The molecule has 1 saturated heterocycles. The molecule has 1 spiro atoms. The Bertz CT molecular complexity index is 896. The summed E-state index contributed by atoms with van der Waals surface area (Å²) in [5.74, 6) is 1.23. The van der Waals surface area contributed by atoms with E-state index < -0.39 is 5.54 Å². The summed E-state index contributed by atoms with van der Waals surface area (Å²) in [6.45, 7) is 7.18. The monoisotopic (exact) mass is 381 g/mol. The zero-order valence-electron chi connectivity index (χ0n) is 16.6. The minimum atomic E-state index is -0.646. The van der Waals surface area contributed by atoms with Crippen LogP contribution >= 0.6 is 0 Å². The zero-order valence-corrected chi connectivity index (χ0v) is 16.6. The minimum Gasteiger partial charge on any atom is -0.369 e. The lowest BCUT2D eigenvalue weighted by atomic mass is 9.84. The third-order valence-corrected chi connectivity index (χ3v) is 5.90. The Hall–Kier alpha value is -2.83. The highest BCUT2D eigenvalue weighted by Gasteiger charge is 2.45. The normalized spacial score (nSPS) is 19.1. The Labute approximate surface area is 165 Å². The molecule has 0 saturated carbocycles. The number of carbonyl (C=O) groups is 2. The van der Waals surface area contributed by atoms with Gasteiger partial charge in [0.2, 0.25) is 11.8 Å². The van der Waals surface area contributed by atoms with Crippen molar-refractivity contribution >= 4 is 23.2 Å². The van der Waals surface area contributed by atoms with E-state index in [1.807, 2.05) is 46.9 Å². The summed E-state index contributed by atoms with van der Waals surface area (Å²) in [6, 6.07) is 7.42. The highest BCUT2D eigenvalue weighted by molar-refractivity contribution is 6.06. The summed E-state index contributed by atoms with van der Waals surface area (Å²) >= 11 is 0. The Morgan fingerprint density at radius 3 is 2.50 bits per heavy atom. The number of likely N-dealkylation sites (tertiary alicyclic amines) is 1. The second kappa shape index (κ2) is 6.96. The van der Waals surface area contributed by atoms with E-state index in [4.69, 9.17) is 0 Å². The van der Waals surface area contributed by atoms with Crippen LogP contribution in [0, 0.1) is 0 Å². The van der Waals surface area contributed by atoms with Crippen molar-refractivity contribution in [2.45, 2.75) is 51.1 Å². The van der Waals surface area contributed by atoms with Crippen LogP contribution in [0.4, 0.5) is 11.4 Å². The lowest BCUT2D eigenvalue weighted by Crippen LogP contribution is -2.59. The first kappa shape index (κ1) is 18.5. The molecule has 1 aromatic carbocycles. The van der Waals surface area contributed by atoms with Gasteiger partial charge in [0, 0.05) is 31.4 Å². The van der Waals surface area contributed by atoms with Crippen LogP contribution in [-0.4, -0.2) is 44.9 Å². The smallest absolute Gasteiger partial charge is 0.250 e. The molecule has 2 amide bonds. The van der Waals surface area contributed by atoms with Gasteiger partial charge in [-0.25, -0.2) is 4.98 Å². The van der Waals surface area contributed by atoms with Gasteiger partial charge in [0.15, 0.2) is 0 Å². The molecule has 28 heavy (non-hydrogen) atoms. The number of carbonyl (C=O) groups excluding carboxylic acids is 2. The van der Waals surface area contributed by atoms with E-state index in [1.54, 1.807) is 6.20 Å². The van der Waals surface area contributed by atoms with Gasteiger partial charge >= 0.3 is 0 Å². The molecular weight excluding hydrogens is 354 g/mol. The molecule has 3 heterocycles. The van der Waals surface area contributed by atoms with Gasteiger partial charge in [0.05, 0.1) is 11.4 Å². The molecule has 0 bridgehead atoms. The number of anilines is 2. The molecular formula is C21H27N5O2. The summed E-state index contributed by atoms with van der Waals surface area (Å²) in [5.41, 5.74) is 1.11. The highest BCUT2D eigenvalue weighted by atomic mass is 16.2. The number of hydrogen-bond donors (Lipinski definition) is 2. The van der Waals surface area contributed by atoms with Gasteiger partial charge in [-0.15, -0.1) is 0 Å². The molecule has 7 heteroatoms. The molecule has 0 unspecified atom stereocenters. The van der Waals surface area contributed by atoms with Gasteiger partial charge in [0.1, 0.15) is 17.4 Å². The first-order chi connectivity index (χ1) is 13.4. The molecule has 148 valence electrons. The van der Waals surface area contributed by atoms with Crippen LogP contribution in [0.1, 0.15) is 51.4 Å². The number of benzene rings is 1. The van der Waals surface area contributed by atoms with Crippen molar-refractivity contribution in [1.29, 1.82) is 0 Å². The maximum absolute atomic E-state index is 13.1. The lowest BCUT2D eigenvalue weighted by molar-refractivity contribution is -0.137. The van der Waals surface area contributed by atoms with Crippen LogP contribution in [-0.2, 0) is 9.59 Å². The second-order valence-electron chi connectivity index (χ2n) is 8.06. The van der Waals surface area contributed by atoms with Crippen molar-refractivity contribution < 1.29 is 9.59 Å². The molecule has 2 aliphatic rings. The average molecular weight is 381 g/mol.